The molecule has 4 nitrogen and oxygen atoms in total. The van der Waals surface area contributed by atoms with Gasteiger partial charge in [-0.2, -0.15) is 0 Å². The number of fused-ring (bicyclic) bond motifs is 3. The maximum Gasteiger partial charge on any atom is 0.411 e. The zero-order chi connectivity index (χ0) is 14.7. The Morgan fingerprint density at radius 1 is 1.38 bits per heavy atom. The summed E-state index contributed by atoms with van der Waals surface area (Å²) >= 11 is 0. The van der Waals surface area contributed by atoms with Gasteiger partial charge in [0.2, 0.25) is 0 Å². The van der Waals surface area contributed by atoms with Crippen LogP contribution in [0.15, 0.2) is 30.3 Å². The average molecular weight is 288 g/mol. The molecule has 0 aromatic heterocycles. The summed E-state index contributed by atoms with van der Waals surface area (Å²) in [5.74, 6) is 1.67. The van der Waals surface area contributed by atoms with Crippen LogP contribution in [-0.2, 0) is 4.74 Å². The average Bonchev–Trinajstić information content (AvgIpc) is 2.54. The molecule has 1 amide bonds. The minimum atomic E-state index is -0.351. The lowest BCUT2D eigenvalue weighted by molar-refractivity contribution is -0.0240. The van der Waals surface area contributed by atoms with E-state index in [1.54, 1.807) is 0 Å². The van der Waals surface area contributed by atoms with Crippen LogP contribution in [0.4, 0.5) is 10.5 Å². The van der Waals surface area contributed by atoms with Gasteiger partial charge in [0, 0.05) is 18.3 Å². The fourth-order valence-corrected chi connectivity index (χ4v) is 3.73. The molecule has 3 heterocycles. The summed E-state index contributed by atoms with van der Waals surface area (Å²) in [5.41, 5.74) is 0.777. The molecule has 3 fully saturated rings. The Kier molecular flexibility index (Phi) is 4.44. The lowest BCUT2D eigenvalue weighted by Crippen LogP contribution is -2.54. The molecule has 1 aromatic rings. The Morgan fingerprint density at radius 2 is 2.19 bits per heavy atom. The third-order valence-corrected chi connectivity index (χ3v) is 4.97. The first kappa shape index (κ1) is 14.4. The normalized spacial score (nSPS) is 30.9. The van der Waals surface area contributed by atoms with Crippen molar-refractivity contribution in [2.24, 2.45) is 11.8 Å². The molecule has 1 N–H and O–H groups in total. The Hall–Kier alpha value is -1.55. The highest BCUT2D eigenvalue weighted by atomic mass is 16.5. The van der Waals surface area contributed by atoms with Crippen LogP contribution in [0.5, 0.6) is 0 Å². The number of piperidine rings is 3. The van der Waals surface area contributed by atoms with E-state index in [-0.39, 0.29) is 6.09 Å². The molecule has 4 unspecified atom stereocenters. The Bertz CT molecular complexity index is 477. The quantitative estimate of drug-likeness (QED) is 0.923. The maximum absolute atomic E-state index is 11.8. The highest BCUT2D eigenvalue weighted by Crippen LogP contribution is 2.37. The Labute approximate surface area is 126 Å². The molecule has 0 aliphatic carbocycles. The lowest BCUT2D eigenvalue weighted by atomic mass is 9.75. The molecule has 3 saturated heterocycles. The predicted molar refractivity (Wildman–Crippen MR) is 83.3 cm³/mol. The standard InChI is InChI=1S/C17H24N2O2/c1-2-13-11-19-9-8-14(13)10-16(19)12-21-17(20)18-15-6-4-3-5-7-15/h3-7,13-14,16H,2,8-12H2,1H3,(H,18,20). The van der Waals surface area contributed by atoms with Crippen molar-refractivity contribution >= 4 is 11.8 Å². The summed E-state index contributed by atoms with van der Waals surface area (Å²) in [6.07, 6.45) is 3.40. The van der Waals surface area contributed by atoms with E-state index < -0.39 is 0 Å². The summed E-state index contributed by atoms with van der Waals surface area (Å²) in [6, 6.07) is 9.84. The fraction of sp³-hybridized carbons (Fsp3) is 0.588. The molecule has 4 heteroatoms. The largest absolute Gasteiger partial charge is 0.448 e. The van der Waals surface area contributed by atoms with Crippen LogP contribution in [0.1, 0.15) is 26.2 Å². The van der Waals surface area contributed by atoms with Crippen LogP contribution in [0.2, 0.25) is 0 Å². The van der Waals surface area contributed by atoms with Gasteiger partial charge in [0.1, 0.15) is 6.61 Å². The number of hydrogen-bond acceptors (Lipinski definition) is 3. The summed E-state index contributed by atoms with van der Waals surface area (Å²) in [4.78, 5) is 14.3. The third-order valence-electron chi connectivity index (χ3n) is 4.97. The predicted octanol–water partition coefficient (Wildman–Crippen LogP) is 3.36. The number of hydrogen-bond donors (Lipinski definition) is 1. The molecule has 3 aliphatic rings. The van der Waals surface area contributed by atoms with Gasteiger partial charge in [0.25, 0.3) is 0 Å². The van der Waals surface area contributed by atoms with Crippen molar-refractivity contribution in [1.82, 2.24) is 4.90 Å². The molecule has 0 radical (unpaired) electrons. The van der Waals surface area contributed by atoms with Crippen molar-refractivity contribution in [1.29, 1.82) is 0 Å². The van der Waals surface area contributed by atoms with Crippen LogP contribution >= 0.6 is 0 Å². The van der Waals surface area contributed by atoms with Crippen LogP contribution in [-0.4, -0.2) is 36.7 Å². The van der Waals surface area contributed by atoms with E-state index in [2.05, 4.69) is 17.1 Å². The van der Waals surface area contributed by atoms with Gasteiger partial charge in [0.15, 0.2) is 0 Å². The van der Waals surface area contributed by atoms with Gasteiger partial charge in [0.05, 0.1) is 0 Å². The summed E-state index contributed by atoms with van der Waals surface area (Å²) in [7, 11) is 0. The molecule has 2 bridgehead atoms. The second-order valence-electron chi connectivity index (χ2n) is 6.19. The molecule has 0 saturated carbocycles. The second kappa shape index (κ2) is 6.48. The highest BCUT2D eigenvalue weighted by molar-refractivity contribution is 5.84. The van der Waals surface area contributed by atoms with Crippen molar-refractivity contribution in [3.05, 3.63) is 30.3 Å². The zero-order valence-corrected chi connectivity index (χ0v) is 12.6. The van der Waals surface area contributed by atoms with Crippen LogP contribution in [0.3, 0.4) is 0 Å². The SMILES string of the molecule is CCC1CN2CCC1CC2COC(=O)Nc1ccccc1. The molecule has 0 spiro atoms. The molecule has 4 atom stereocenters. The first-order chi connectivity index (χ1) is 10.3. The van der Waals surface area contributed by atoms with E-state index in [1.807, 2.05) is 30.3 Å². The van der Waals surface area contributed by atoms with E-state index in [0.29, 0.717) is 12.6 Å². The van der Waals surface area contributed by atoms with Gasteiger partial charge in [-0.1, -0.05) is 31.5 Å². The van der Waals surface area contributed by atoms with Gasteiger partial charge in [-0.25, -0.2) is 4.79 Å². The van der Waals surface area contributed by atoms with Gasteiger partial charge < -0.3 is 4.74 Å². The number of nitrogens with one attached hydrogen (secondary N) is 1. The first-order valence-electron chi connectivity index (χ1n) is 7.99. The first-order valence-corrected chi connectivity index (χ1v) is 7.99. The number of benzene rings is 1. The number of ether oxygens (including phenoxy) is 1. The number of carbonyl (C=O) groups is 1. The second-order valence-corrected chi connectivity index (χ2v) is 6.19. The molecular formula is C17H24N2O2. The minimum Gasteiger partial charge on any atom is -0.448 e. The van der Waals surface area contributed by atoms with Crippen LogP contribution < -0.4 is 5.32 Å². The van der Waals surface area contributed by atoms with Crippen molar-refractivity contribution < 1.29 is 9.53 Å². The van der Waals surface area contributed by atoms with Crippen LogP contribution in [0, 0.1) is 11.8 Å². The smallest absolute Gasteiger partial charge is 0.411 e. The number of nitrogens with zero attached hydrogens (tertiary/aromatic N) is 1. The molecular weight excluding hydrogens is 264 g/mol. The van der Waals surface area contributed by atoms with Crippen molar-refractivity contribution in [2.75, 3.05) is 25.0 Å². The third kappa shape index (κ3) is 3.38. The van der Waals surface area contributed by atoms with Crippen LogP contribution in [0.25, 0.3) is 0 Å². The maximum atomic E-state index is 11.8. The summed E-state index contributed by atoms with van der Waals surface area (Å²) < 4.78 is 5.42. The fourth-order valence-electron chi connectivity index (χ4n) is 3.73. The zero-order valence-electron chi connectivity index (χ0n) is 12.6. The van der Waals surface area contributed by atoms with E-state index in [9.17, 15) is 4.79 Å². The Morgan fingerprint density at radius 3 is 2.86 bits per heavy atom. The molecule has 1 aromatic carbocycles. The van der Waals surface area contributed by atoms with E-state index >= 15 is 0 Å². The number of para-hydroxylation sites is 1. The summed E-state index contributed by atoms with van der Waals surface area (Å²) in [5, 5.41) is 2.77. The van der Waals surface area contributed by atoms with Crippen molar-refractivity contribution in [3.63, 3.8) is 0 Å². The molecule has 21 heavy (non-hydrogen) atoms. The van der Waals surface area contributed by atoms with Gasteiger partial charge in [-0.15, -0.1) is 0 Å². The number of carbonyl (C=O) groups excluding carboxylic acids is 1. The van der Waals surface area contributed by atoms with Crippen molar-refractivity contribution in [3.8, 4) is 0 Å². The van der Waals surface area contributed by atoms with Gasteiger partial charge in [-0.05, 0) is 43.4 Å². The molecule has 3 aliphatic heterocycles. The molecule has 114 valence electrons. The van der Waals surface area contributed by atoms with E-state index in [4.69, 9.17) is 4.74 Å². The summed E-state index contributed by atoms with van der Waals surface area (Å²) in [6.45, 7) is 5.13. The topological polar surface area (TPSA) is 41.6 Å². The number of rotatable bonds is 4. The monoisotopic (exact) mass is 288 g/mol. The number of amides is 1. The molecule has 4 rings (SSSR count). The van der Waals surface area contributed by atoms with Crippen molar-refractivity contribution in [2.45, 2.75) is 32.2 Å². The van der Waals surface area contributed by atoms with Gasteiger partial charge >= 0.3 is 6.09 Å². The number of anilines is 1. The van der Waals surface area contributed by atoms with E-state index in [1.165, 1.54) is 25.8 Å². The Balaban J connectivity index is 1.47. The lowest BCUT2D eigenvalue weighted by Gasteiger charge is -2.49. The van der Waals surface area contributed by atoms with Gasteiger partial charge in [-0.3, -0.25) is 10.2 Å². The highest BCUT2D eigenvalue weighted by Gasteiger charge is 2.39. The van der Waals surface area contributed by atoms with E-state index in [0.717, 1.165) is 24.1 Å². The minimum absolute atomic E-state index is 0.351.